The van der Waals surface area contributed by atoms with Gasteiger partial charge in [0.15, 0.2) is 0 Å². The summed E-state index contributed by atoms with van der Waals surface area (Å²) >= 11 is 0.287. The van der Waals surface area contributed by atoms with Crippen LogP contribution >= 0.6 is 0 Å². The summed E-state index contributed by atoms with van der Waals surface area (Å²) in [5, 5.41) is 0. The second-order valence-electron chi connectivity index (χ2n) is 4.93. The minimum absolute atomic E-state index is 0.255. The number of fused-ring (bicyclic) bond motifs is 1. The number of pyridine rings is 1. The van der Waals surface area contributed by atoms with Crippen molar-refractivity contribution in [2.45, 2.75) is 18.7 Å². The Balaban J connectivity index is 2.15. The average molecular weight is 349 g/mol. The van der Waals surface area contributed by atoms with Crippen molar-refractivity contribution in [2.24, 2.45) is 0 Å². The fraction of sp³-hybridized carbons (Fsp3) is 0.250. The molecule has 2 aromatic rings. The molecule has 5 heteroatoms. The van der Waals surface area contributed by atoms with E-state index in [1.807, 2.05) is 0 Å². The molecular weight excluding hydrogens is 334 g/mol. The molecule has 1 aliphatic rings. The first-order valence-electron chi connectivity index (χ1n) is 6.78. The first kappa shape index (κ1) is 14.2. The maximum absolute atomic E-state index is 13.1. The molecule has 21 heavy (non-hydrogen) atoms. The number of aryl methyl sites for hydroxylation is 1. The van der Waals surface area contributed by atoms with Crippen LogP contribution in [-0.2, 0) is 11.2 Å². The maximum atomic E-state index is 13.1. The molecule has 3 nitrogen and oxygen atoms in total. The second-order valence-corrected chi connectivity index (χ2v) is 6.71. The van der Waals surface area contributed by atoms with E-state index >= 15 is 0 Å². The van der Waals surface area contributed by atoms with Gasteiger partial charge in [0.1, 0.15) is 0 Å². The van der Waals surface area contributed by atoms with Gasteiger partial charge in [0.2, 0.25) is 0 Å². The summed E-state index contributed by atoms with van der Waals surface area (Å²) < 4.78 is 14.3. The standard InChI is InChI=1S/C16H15FN2OSe/c1-21-14-9-12-3-2-8-19(10-20)16(12)18-15(14)11-4-6-13(17)7-5-11/h4-7,9-10H,2-3,8H2,1H3. The van der Waals surface area contributed by atoms with Crippen LogP contribution in [0.2, 0.25) is 5.82 Å². The second kappa shape index (κ2) is 5.96. The van der Waals surface area contributed by atoms with Crippen LogP contribution in [0.1, 0.15) is 12.0 Å². The van der Waals surface area contributed by atoms with Crippen molar-refractivity contribution in [3.05, 3.63) is 41.7 Å². The van der Waals surface area contributed by atoms with Crippen LogP contribution in [0.25, 0.3) is 11.3 Å². The fourth-order valence-electron chi connectivity index (χ4n) is 2.58. The third-order valence-corrected chi connectivity index (χ3v) is 5.20. The van der Waals surface area contributed by atoms with Gasteiger partial charge in [0.05, 0.1) is 0 Å². The minimum atomic E-state index is -0.255. The molecule has 1 aromatic carbocycles. The molecule has 0 unspecified atom stereocenters. The van der Waals surface area contributed by atoms with Gasteiger partial charge >= 0.3 is 129 Å². The van der Waals surface area contributed by atoms with Gasteiger partial charge in [-0.15, -0.1) is 0 Å². The molecule has 0 saturated carbocycles. The summed E-state index contributed by atoms with van der Waals surface area (Å²) in [5.41, 5.74) is 2.90. The zero-order valence-electron chi connectivity index (χ0n) is 11.7. The molecule has 0 atom stereocenters. The first-order chi connectivity index (χ1) is 10.2. The zero-order valence-corrected chi connectivity index (χ0v) is 13.4. The normalized spacial score (nSPS) is 13.9. The van der Waals surface area contributed by atoms with Gasteiger partial charge < -0.3 is 0 Å². The molecule has 0 N–H and O–H groups in total. The number of carbonyl (C=O) groups is 1. The molecule has 0 spiro atoms. The third kappa shape index (κ3) is 2.71. The molecule has 1 aliphatic heterocycles. The molecule has 0 fully saturated rings. The summed E-state index contributed by atoms with van der Waals surface area (Å²) in [6, 6.07) is 8.54. The van der Waals surface area contributed by atoms with Gasteiger partial charge in [0.25, 0.3) is 0 Å². The van der Waals surface area contributed by atoms with E-state index in [1.54, 1.807) is 17.0 Å². The first-order valence-corrected chi connectivity index (χ1v) is 9.35. The number of nitrogens with zero attached hydrogens (tertiary/aromatic N) is 2. The van der Waals surface area contributed by atoms with Crippen molar-refractivity contribution in [3.63, 3.8) is 0 Å². The van der Waals surface area contributed by atoms with Crippen molar-refractivity contribution in [1.29, 1.82) is 0 Å². The topological polar surface area (TPSA) is 33.2 Å². The molecule has 108 valence electrons. The number of hydrogen-bond acceptors (Lipinski definition) is 2. The summed E-state index contributed by atoms with van der Waals surface area (Å²) in [6.07, 6.45) is 2.77. The van der Waals surface area contributed by atoms with Crippen LogP contribution < -0.4 is 9.36 Å². The SMILES string of the molecule is C[Se]c1cc2c(nc1-c1ccc(F)cc1)N(C=O)CCC2. The molecule has 0 aliphatic carbocycles. The van der Waals surface area contributed by atoms with Crippen molar-refractivity contribution in [1.82, 2.24) is 4.98 Å². The number of benzene rings is 1. The Labute approximate surface area is 129 Å². The van der Waals surface area contributed by atoms with Gasteiger partial charge in [-0.25, -0.2) is 0 Å². The molecule has 0 bridgehead atoms. The van der Waals surface area contributed by atoms with Crippen LogP contribution in [0.5, 0.6) is 0 Å². The van der Waals surface area contributed by atoms with E-state index in [0.29, 0.717) is 6.54 Å². The third-order valence-electron chi connectivity index (χ3n) is 3.63. The number of aromatic nitrogens is 1. The van der Waals surface area contributed by atoms with E-state index in [-0.39, 0.29) is 20.8 Å². The summed E-state index contributed by atoms with van der Waals surface area (Å²) in [5.74, 6) is 2.64. The van der Waals surface area contributed by atoms with E-state index in [2.05, 4.69) is 11.9 Å². The van der Waals surface area contributed by atoms with Gasteiger partial charge in [0, 0.05) is 0 Å². The van der Waals surface area contributed by atoms with Crippen LogP contribution in [0.4, 0.5) is 10.2 Å². The predicted octanol–water partition coefficient (Wildman–Crippen LogP) is 2.17. The molecule has 3 rings (SSSR count). The number of rotatable bonds is 3. The number of anilines is 1. The Morgan fingerprint density at radius 3 is 2.76 bits per heavy atom. The number of hydrogen-bond donors (Lipinski definition) is 0. The monoisotopic (exact) mass is 350 g/mol. The van der Waals surface area contributed by atoms with E-state index in [1.165, 1.54) is 16.6 Å². The molecule has 2 heterocycles. The van der Waals surface area contributed by atoms with Crippen LogP contribution in [0, 0.1) is 5.82 Å². The van der Waals surface area contributed by atoms with E-state index in [0.717, 1.165) is 41.9 Å². The molecule has 1 amide bonds. The van der Waals surface area contributed by atoms with Crippen LogP contribution in [-0.4, -0.2) is 32.9 Å². The summed E-state index contributed by atoms with van der Waals surface area (Å²) in [4.78, 5) is 17.6. The molecule has 0 saturated heterocycles. The Hall–Kier alpha value is -1.71. The molecule has 1 aromatic heterocycles. The van der Waals surface area contributed by atoms with Crippen LogP contribution in [0.3, 0.4) is 0 Å². The Kier molecular flexibility index (Phi) is 4.04. The van der Waals surface area contributed by atoms with Gasteiger partial charge in [-0.05, 0) is 0 Å². The summed E-state index contributed by atoms with van der Waals surface area (Å²) in [6.45, 7) is 0.711. The average Bonchev–Trinajstić information content (AvgIpc) is 2.53. The van der Waals surface area contributed by atoms with E-state index in [9.17, 15) is 9.18 Å². The van der Waals surface area contributed by atoms with Gasteiger partial charge in [-0.1, -0.05) is 0 Å². The molecular formula is C16H15FN2OSe. The number of halogens is 1. The predicted molar refractivity (Wildman–Crippen MR) is 82.6 cm³/mol. The number of amides is 1. The van der Waals surface area contributed by atoms with Gasteiger partial charge in [-0.3, -0.25) is 0 Å². The Morgan fingerprint density at radius 2 is 2.10 bits per heavy atom. The fourth-order valence-corrected chi connectivity index (χ4v) is 3.87. The van der Waals surface area contributed by atoms with Gasteiger partial charge in [-0.2, -0.15) is 0 Å². The van der Waals surface area contributed by atoms with Crippen molar-refractivity contribution in [3.8, 4) is 11.3 Å². The quantitative estimate of drug-likeness (QED) is 0.629. The summed E-state index contributed by atoms with van der Waals surface area (Å²) in [7, 11) is 0. The van der Waals surface area contributed by atoms with Crippen molar-refractivity contribution < 1.29 is 9.18 Å². The van der Waals surface area contributed by atoms with Crippen molar-refractivity contribution >= 4 is 31.6 Å². The molecule has 0 radical (unpaired) electrons. The van der Waals surface area contributed by atoms with E-state index < -0.39 is 0 Å². The zero-order chi connectivity index (χ0) is 14.8. The van der Waals surface area contributed by atoms with E-state index in [4.69, 9.17) is 4.98 Å². The van der Waals surface area contributed by atoms with Crippen LogP contribution in [0.15, 0.2) is 30.3 Å². The Morgan fingerprint density at radius 1 is 1.33 bits per heavy atom. The van der Waals surface area contributed by atoms with Crippen molar-refractivity contribution in [2.75, 3.05) is 11.4 Å². The Bertz CT molecular complexity index is 673. The number of carbonyl (C=O) groups excluding carboxylic acids is 1.